The lowest BCUT2D eigenvalue weighted by Crippen LogP contribution is -2.39. The average molecular weight is 645 g/mol. The Morgan fingerprint density at radius 3 is 2.51 bits per heavy atom. The molecule has 0 spiro atoms. The molecule has 0 saturated heterocycles. The first-order valence-corrected chi connectivity index (χ1v) is 15.7. The van der Waals surface area contributed by atoms with E-state index in [9.17, 15) is 9.59 Å². The normalized spacial score (nSPS) is 14.4. The van der Waals surface area contributed by atoms with E-state index in [1.165, 1.54) is 11.3 Å². The zero-order chi connectivity index (χ0) is 31.9. The van der Waals surface area contributed by atoms with E-state index in [4.69, 9.17) is 30.5 Å². The van der Waals surface area contributed by atoms with Gasteiger partial charge in [-0.1, -0.05) is 72.0 Å². The summed E-state index contributed by atoms with van der Waals surface area (Å²) in [6.45, 7) is 10.3. The first-order valence-electron chi connectivity index (χ1n) is 14.5. The van der Waals surface area contributed by atoms with Crippen LogP contribution in [0, 0.1) is 0 Å². The molecule has 0 saturated carbocycles. The monoisotopic (exact) mass is 644 g/mol. The number of benzene rings is 3. The third kappa shape index (κ3) is 7.05. The van der Waals surface area contributed by atoms with E-state index in [0.29, 0.717) is 56.1 Å². The van der Waals surface area contributed by atoms with E-state index >= 15 is 0 Å². The molecule has 1 aromatic heterocycles. The van der Waals surface area contributed by atoms with Gasteiger partial charge in [-0.3, -0.25) is 9.36 Å². The second-order valence-electron chi connectivity index (χ2n) is 9.99. The highest BCUT2D eigenvalue weighted by atomic mass is 35.5. The van der Waals surface area contributed by atoms with Gasteiger partial charge in [0.25, 0.3) is 5.56 Å². The van der Waals surface area contributed by atoms with Gasteiger partial charge >= 0.3 is 5.97 Å². The van der Waals surface area contributed by atoms with Crippen molar-refractivity contribution in [1.82, 2.24) is 4.57 Å². The molecule has 1 aliphatic rings. The number of aromatic nitrogens is 1. The standard InChI is InChI=1S/C35H33ClN2O6S/c1-5-18-43-26-15-13-24(14-16-26)32-31(34(40)42-7-3)22(4)37-35-38(32)33(39)30(45-35)20-23-12-17-28(29(19-23)41-6-2)44-21-25-10-8-9-11-27(25)36/h5,8-17,19-20,32H,1,6-7,18,21H2,2-4H3/b30-20-/t32-/m0/s1. The highest BCUT2D eigenvalue weighted by Crippen LogP contribution is 2.32. The lowest BCUT2D eigenvalue weighted by atomic mass is 9.96. The van der Waals surface area contributed by atoms with E-state index in [1.807, 2.05) is 61.5 Å². The van der Waals surface area contributed by atoms with Crippen LogP contribution in [0.25, 0.3) is 6.08 Å². The van der Waals surface area contributed by atoms with Gasteiger partial charge in [0.1, 0.15) is 19.0 Å². The molecule has 0 radical (unpaired) electrons. The minimum Gasteiger partial charge on any atom is -0.490 e. The number of fused-ring (bicyclic) bond motifs is 1. The maximum atomic E-state index is 14.0. The summed E-state index contributed by atoms with van der Waals surface area (Å²) >= 11 is 7.55. The van der Waals surface area contributed by atoms with Crippen molar-refractivity contribution in [2.24, 2.45) is 4.99 Å². The number of nitrogens with zero attached hydrogens (tertiary/aromatic N) is 2. The summed E-state index contributed by atoms with van der Waals surface area (Å²) in [4.78, 5) is 32.3. The molecule has 5 rings (SSSR count). The third-order valence-electron chi connectivity index (χ3n) is 6.99. The minimum atomic E-state index is -0.726. The van der Waals surface area contributed by atoms with Gasteiger partial charge in [-0.25, -0.2) is 9.79 Å². The first-order chi connectivity index (χ1) is 21.8. The summed E-state index contributed by atoms with van der Waals surface area (Å²) in [5, 5.41) is 0.624. The maximum absolute atomic E-state index is 14.0. The van der Waals surface area contributed by atoms with E-state index < -0.39 is 12.0 Å². The zero-order valence-corrected chi connectivity index (χ0v) is 26.8. The molecule has 0 unspecified atom stereocenters. The molecular formula is C35H33ClN2O6S. The minimum absolute atomic E-state index is 0.196. The van der Waals surface area contributed by atoms with Crippen molar-refractivity contribution >= 4 is 35.0 Å². The number of ether oxygens (including phenoxy) is 4. The van der Waals surface area contributed by atoms with Crippen molar-refractivity contribution in [2.75, 3.05) is 19.8 Å². The highest BCUT2D eigenvalue weighted by Gasteiger charge is 2.33. The molecule has 2 heterocycles. The Morgan fingerprint density at radius 1 is 1.02 bits per heavy atom. The largest absolute Gasteiger partial charge is 0.490 e. The Labute approximate surface area is 270 Å². The molecule has 232 valence electrons. The van der Waals surface area contributed by atoms with Crippen LogP contribution in [0.5, 0.6) is 17.2 Å². The fourth-order valence-corrected chi connectivity index (χ4v) is 6.17. The van der Waals surface area contributed by atoms with E-state index in [2.05, 4.69) is 11.6 Å². The molecule has 0 N–H and O–H groups in total. The molecule has 0 bridgehead atoms. The van der Waals surface area contributed by atoms with Crippen molar-refractivity contribution in [3.63, 3.8) is 0 Å². The Balaban J connectivity index is 1.54. The van der Waals surface area contributed by atoms with Crippen LogP contribution in [0.2, 0.25) is 5.02 Å². The second-order valence-corrected chi connectivity index (χ2v) is 11.4. The van der Waals surface area contributed by atoms with Gasteiger partial charge in [0.2, 0.25) is 0 Å². The van der Waals surface area contributed by atoms with Crippen molar-refractivity contribution in [3.8, 4) is 17.2 Å². The molecule has 45 heavy (non-hydrogen) atoms. The maximum Gasteiger partial charge on any atom is 0.338 e. The molecule has 0 amide bonds. The molecule has 0 fully saturated rings. The summed E-state index contributed by atoms with van der Waals surface area (Å²) in [5.41, 5.74) is 2.87. The SMILES string of the molecule is C=CCOc1ccc([C@H]2C(C(=O)OCC)=C(C)N=c3s/c(=C\c4ccc(OCc5ccccc5Cl)c(OCC)c4)c(=O)n32)cc1. The Bertz CT molecular complexity index is 1930. The van der Waals surface area contributed by atoms with Crippen LogP contribution < -0.4 is 29.1 Å². The summed E-state index contributed by atoms with van der Waals surface area (Å²) in [6, 6.07) is 19.6. The van der Waals surface area contributed by atoms with Crippen LogP contribution in [0.4, 0.5) is 0 Å². The lowest BCUT2D eigenvalue weighted by molar-refractivity contribution is -0.139. The molecular weight excluding hydrogens is 612 g/mol. The summed E-state index contributed by atoms with van der Waals surface area (Å²) in [5.74, 6) is 1.24. The van der Waals surface area contributed by atoms with Crippen molar-refractivity contribution < 1.29 is 23.7 Å². The molecule has 4 aromatic rings. The molecule has 0 aliphatic carbocycles. The van der Waals surface area contributed by atoms with Gasteiger partial charge in [-0.2, -0.15) is 0 Å². The smallest absolute Gasteiger partial charge is 0.338 e. The number of rotatable bonds is 12. The van der Waals surface area contributed by atoms with Crippen LogP contribution in [-0.4, -0.2) is 30.4 Å². The third-order valence-corrected chi connectivity index (χ3v) is 8.34. The fraction of sp³-hybridized carbons (Fsp3) is 0.229. The summed E-state index contributed by atoms with van der Waals surface area (Å²) < 4.78 is 25.0. The topological polar surface area (TPSA) is 88.4 Å². The van der Waals surface area contributed by atoms with Gasteiger partial charge in [0.15, 0.2) is 16.3 Å². The number of hydrogen-bond acceptors (Lipinski definition) is 8. The number of halogens is 1. The quantitative estimate of drug-likeness (QED) is 0.139. The first kappa shape index (κ1) is 31.8. The van der Waals surface area contributed by atoms with E-state index in [0.717, 1.165) is 16.7 Å². The van der Waals surface area contributed by atoms with Gasteiger partial charge in [-0.05, 0) is 68.3 Å². The van der Waals surface area contributed by atoms with Crippen LogP contribution in [-0.2, 0) is 16.1 Å². The van der Waals surface area contributed by atoms with Gasteiger partial charge < -0.3 is 18.9 Å². The van der Waals surface area contributed by atoms with E-state index in [-0.39, 0.29) is 18.8 Å². The van der Waals surface area contributed by atoms with Crippen molar-refractivity contribution in [2.45, 2.75) is 33.4 Å². The van der Waals surface area contributed by atoms with Gasteiger partial charge in [0.05, 0.1) is 35.1 Å². The van der Waals surface area contributed by atoms with E-state index in [1.54, 1.807) is 42.7 Å². The Kier molecular flexibility index (Phi) is 10.2. The predicted octanol–water partition coefficient (Wildman–Crippen LogP) is 5.99. The summed E-state index contributed by atoms with van der Waals surface area (Å²) in [6.07, 6.45) is 3.45. The Hall–Kier alpha value is -4.60. The average Bonchev–Trinajstić information content (AvgIpc) is 3.33. The number of esters is 1. The number of thiazole rings is 1. The van der Waals surface area contributed by atoms with Crippen molar-refractivity contribution in [3.05, 3.63) is 132 Å². The van der Waals surface area contributed by atoms with Crippen molar-refractivity contribution in [1.29, 1.82) is 0 Å². The van der Waals surface area contributed by atoms with Gasteiger partial charge in [0, 0.05) is 10.6 Å². The molecule has 10 heteroatoms. The number of carbonyl (C=O) groups is 1. The zero-order valence-electron chi connectivity index (χ0n) is 25.2. The highest BCUT2D eigenvalue weighted by molar-refractivity contribution is 7.07. The molecule has 8 nitrogen and oxygen atoms in total. The molecule has 1 aliphatic heterocycles. The number of carbonyl (C=O) groups excluding carboxylic acids is 1. The second kappa shape index (κ2) is 14.5. The van der Waals surface area contributed by atoms with Crippen LogP contribution >= 0.6 is 22.9 Å². The van der Waals surface area contributed by atoms with Gasteiger partial charge in [-0.15, -0.1) is 0 Å². The Morgan fingerprint density at radius 2 is 1.80 bits per heavy atom. The van der Waals surface area contributed by atoms with Crippen LogP contribution in [0.15, 0.2) is 100 Å². The number of allylic oxidation sites excluding steroid dienone is 1. The summed E-state index contributed by atoms with van der Waals surface area (Å²) in [7, 11) is 0. The predicted molar refractivity (Wildman–Crippen MR) is 176 cm³/mol. The lowest BCUT2D eigenvalue weighted by Gasteiger charge is -2.24. The fourth-order valence-electron chi connectivity index (χ4n) is 4.93. The number of hydrogen-bond donors (Lipinski definition) is 0. The van der Waals surface area contributed by atoms with Crippen LogP contribution in [0.1, 0.15) is 43.5 Å². The van der Waals surface area contributed by atoms with Crippen LogP contribution in [0.3, 0.4) is 0 Å². The molecule has 3 aromatic carbocycles. The molecule has 1 atom stereocenters.